The van der Waals surface area contributed by atoms with E-state index in [0.717, 1.165) is 63.1 Å². The Balaban J connectivity index is 0.000000472. The molecule has 4 N–H and O–H groups in total. The maximum Gasteiger partial charge on any atom is 0.270 e. The Kier molecular flexibility index (Phi) is 20.9. The Labute approximate surface area is 339 Å². The van der Waals surface area contributed by atoms with Crippen LogP contribution in [-0.2, 0) is 20.3 Å². The summed E-state index contributed by atoms with van der Waals surface area (Å²) in [6.45, 7) is 22.3. The summed E-state index contributed by atoms with van der Waals surface area (Å²) in [5, 5.41) is 5.91. The van der Waals surface area contributed by atoms with Gasteiger partial charge in [0.25, 0.3) is 5.92 Å². The minimum atomic E-state index is -3.05. The predicted octanol–water partition coefficient (Wildman–Crippen LogP) is 8.47. The molecule has 312 valence electrons. The largest absolute Gasteiger partial charge is 0.478 e. The monoisotopic (exact) mass is 790 g/mol. The highest BCUT2D eigenvalue weighted by Crippen LogP contribution is 2.39. The molecule has 2 aromatic rings. The minimum absolute atomic E-state index is 0.0235. The number of nitrogens with two attached hydrogens (primary N) is 1. The van der Waals surface area contributed by atoms with Gasteiger partial charge in [0.1, 0.15) is 12.5 Å². The molecule has 1 heterocycles. The number of halogens is 2. The van der Waals surface area contributed by atoms with Crippen LogP contribution >= 0.6 is 0 Å². The molecule has 0 spiro atoms. The van der Waals surface area contributed by atoms with Gasteiger partial charge >= 0.3 is 0 Å². The van der Waals surface area contributed by atoms with E-state index < -0.39 is 12.0 Å². The average molecular weight is 790 g/mol. The van der Waals surface area contributed by atoms with Gasteiger partial charge in [-0.15, -0.1) is 6.58 Å². The van der Waals surface area contributed by atoms with Gasteiger partial charge in [0.15, 0.2) is 0 Å². The van der Waals surface area contributed by atoms with E-state index in [-0.39, 0.29) is 53.6 Å². The number of ether oxygens (including phenoxy) is 1. The van der Waals surface area contributed by atoms with Gasteiger partial charge < -0.3 is 20.7 Å². The molecule has 0 bridgehead atoms. The van der Waals surface area contributed by atoms with Crippen LogP contribution in [0.5, 0.6) is 5.75 Å². The SMILES string of the molecule is C=C/C=C(\C=C/CC)C(C(C)c1ccccc1)N(C(=C)c1ccc(C(C)(F)F)cc1OCNC)C(C)=O.C=CCC(CCC)NC(=O)CN1CCCC(C(N)=O)C1. The number of carbonyl (C=O) groups excluding carboxylic acids is 3. The number of hydrogen-bond acceptors (Lipinski definition) is 6. The molecule has 3 rings (SSSR count). The number of hydrogen-bond donors (Lipinski definition) is 3. The van der Waals surface area contributed by atoms with E-state index in [0.29, 0.717) is 24.4 Å². The molecule has 1 saturated heterocycles. The number of piperidine rings is 1. The Hall–Kier alpha value is -4.87. The standard InChI is InChI=1S/C31H38F2N2O2.C15H27N3O2/c1-8-10-15-26(14-9-2)30(22(3)25-16-12-11-13-17-25)35(24(5)36)23(4)28-19-18-27(31(6,32)33)20-29(28)37-21-34-7;1-3-6-13(7-4-2)17-14(19)11-18-9-5-8-12(10-18)15(16)20/h9-20,22,30,34H,2,4,8,21H2,1,3,5-7H3;3,12-13H,1,4-11H2,2H3,(H2,16,20)(H,17,19)/b15-10-,26-14+;. The second-order valence-electron chi connectivity index (χ2n) is 14.5. The highest BCUT2D eigenvalue weighted by atomic mass is 19.3. The zero-order valence-corrected chi connectivity index (χ0v) is 34.9. The van der Waals surface area contributed by atoms with Crippen molar-refractivity contribution in [3.8, 4) is 5.75 Å². The lowest BCUT2D eigenvalue weighted by Gasteiger charge is -2.38. The highest BCUT2D eigenvalue weighted by Gasteiger charge is 2.34. The van der Waals surface area contributed by atoms with E-state index in [1.807, 2.05) is 66.5 Å². The molecule has 1 aliphatic rings. The number of likely N-dealkylation sites (tertiary alicyclic amines) is 1. The van der Waals surface area contributed by atoms with Crippen LogP contribution in [-0.4, -0.2) is 73.0 Å². The van der Waals surface area contributed by atoms with Crippen molar-refractivity contribution >= 4 is 23.4 Å². The molecule has 11 heteroatoms. The molecule has 1 fully saturated rings. The normalized spacial score (nSPS) is 16.4. The summed E-state index contributed by atoms with van der Waals surface area (Å²) in [7, 11) is 1.69. The van der Waals surface area contributed by atoms with Crippen LogP contribution < -0.4 is 21.1 Å². The van der Waals surface area contributed by atoms with Gasteiger partial charge in [-0.05, 0) is 69.0 Å². The van der Waals surface area contributed by atoms with Crippen molar-refractivity contribution in [1.82, 2.24) is 20.4 Å². The van der Waals surface area contributed by atoms with Crippen molar-refractivity contribution in [2.45, 2.75) is 97.1 Å². The number of nitrogens with one attached hydrogen (secondary N) is 2. The van der Waals surface area contributed by atoms with Crippen molar-refractivity contribution < 1.29 is 27.9 Å². The molecule has 2 aromatic carbocycles. The first-order valence-electron chi connectivity index (χ1n) is 19.9. The summed E-state index contributed by atoms with van der Waals surface area (Å²) < 4.78 is 34.0. The summed E-state index contributed by atoms with van der Waals surface area (Å²) in [5.41, 5.74) is 7.89. The fourth-order valence-corrected chi connectivity index (χ4v) is 6.94. The van der Waals surface area contributed by atoms with Gasteiger partial charge in [-0.3, -0.25) is 24.6 Å². The average Bonchev–Trinajstić information content (AvgIpc) is 3.17. The Morgan fingerprint density at radius 3 is 2.40 bits per heavy atom. The number of carbonyl (C=O) groups is 3. The maximum atomic E-state index is 14.1. The van der Waals surface area contributed by atoms with Crippen LogP contribution in [0.1, 0.15) is 95.8 Å². The zero-order valence-electron chi connectivity index (χ0n) is 34.9. The van der Waals surface area contributed by atoms with Gasteiger partial charge in [0.05, 0.1) is 18.5 Å². The van der Waals surface area contributed by atoms with E-state index in [1.165, 1.54) is 19.1 Å². The van der Waals surface area contributed by atoms with Gasteiger partial charge in [-0.2, -0.15) is 0 Å². The first-order valence-corrected chi connectivity index (χ1v) is 19.9. The fourth-order valence-electron chi connectivity index (χ4n) is 6.94. The lowest BCUT2D eigenvalue weighted by Crippen LogP contribution is -2.47. The number of allylic oxidation sites excluding steroid dienone is 3. The second kappa shape index (κ2) is 24.7. The number of rotatable bonds is 21. The third-order valence-electron chi connectivity index (χ3n) is 9.80. The quantitative estimate of drug-likeness (QED) is 0.0664. The number of primary amides is 1. The molecule has 1 aliphatic heterocycles. The third kappa shape index (κ3) is 15.5. The van der Waals surface area contributed by atoms with Crippen LogP contribution in [0.3, 0.4) is 0 Å². The maximum absolute atomic E-state index is 14.1. The summed E-state index contributed by atoms with van der Waals surface area (Å²) in [6, 6.07) is 13.8. The molecular weight excluding hydrogens is 725 g/mol. The summed E-state index contributed by atoms with van der Waals surface area (Å²) >= 11 is 0. The fraction of sp³-hybridized carbons (Fsp3) is 0.457. The van der Waals surface area contributed by atoms with Crippen LogP contribution in [0, 0.1) is 5.92 Å². The van der Waals surface area contributed by atoms with Crippen molar-refractivity contribution in [2.75, 3.05) is 33.4 Å². The van der Waals surface area contributed by atoms with Gasteiger partial charge in [0.2, 0.25) is 17.7 Å². The molecule has 4 atom stereocenters. The van der Waals surface area contributed by atoms with E-state index in [2.05, 4.69) is 44.2 Å². The second-order valence-corrected chi connectivity index (χ2v) is 14.5. The molecular formula is C46H65F2N5O4. The number of nitrogens with zero attached hydrogens (tertiary/aromatic N) is 2. The van der Waals surface area contributed by atoms with E-state index in [9.17, 15) is 23.2 Å². The first-order chi connectivity index (χ1) is 27.1. The molecule has 0 radical (unpaired) electrons. The van der Waals surface area contributed by atoms with E-state index >= 15 is 0 Å². The number of benzene rings is 2. The van der Waals surface area contributed by atoms with Crippen LogP contribution in [0.2, 0.25) is 0 Å². The van der Waals surface area contributed by atoms with Crippen molar-refractivity contribution in [1.29, 1.82) is 0 Å². The highest BCUT2D eigenvalue weighted by molar-refractivity contribution is 5.87. The van der Waals surface area contributed by atoms with Crippen molar-refractivity contribution in [2.24, 2.45) is 11.7 Å². The number of amides is 3. The molecule has 0 aromatic heterocycles. The molecule has 9 nitrogen and oxygen atoms in total. The smallest absolute Gasteiger partial charge is 0.270 e. The summed E-state index contributed by atoms with van der Waals surface area (Å²) in [5.74, 6) is -3.54. The van der Waals surface area contributed by atoms with Gasteiger partial charge in [-0.1, -0.05) is 107 Å². The van der Waals surface area contributed by atoms with Crippen molar-refractivity contribution in [3.05, 3.63) is 121 Å². The third-order valence-corrected chi connectivity index (χ3v) is 9.80. The van der Waals surface area contributed by atoms with Gasteiger partial charge in [0, 0.05) is 49.2 Å². The first kappa shape index (κ1) is 48.3. The molecule has 0 aliphatic carbocycles. The number of alkyl halides is 2. The molecule has 0 saturated carbocycles. The topological polar surface area (TPSA) is 117 Å². The van der Waals surface area contributed by atoms with E-state index in [1.54, 1.807) is 24.1 Å². The Bertz CT molecular complexity index is 1690. The zero-order chi connectivity index (χ0) is 42.5. The lowest BCUT2D eigenvalue weighted by molar-refractivity contribution is -0.127. The van der Waals surface area contributed by atoms with Crippen LogP contribution in [0.15, 0.2) is 104 Å². The Morgan fingerprint density at radius 2 is 1.84 bits per heavy atom. The molecule has 57 heavy (non-hydrogen) atoms. The van der Waals surface area contributed by atoms with Gasteiger partial charge in [-0.25, -0.2) is 8.78 Å². The minimum Gasteiger partial charge on any atom is -0.478 e. The Morgan fingerprint density at radius 1 is 1.14 bits per heavy atom. The summed E-state index contributed by atoms with van der Waals surface area (Å²) in [6.07, 6.45) is 14.8. The lowest BCUT2D eigenvalue weighted by atomic mass is 9.85. The molecule has 3 amide bonds. The molecule has 4 unspecified atom stereocenters. The van der Waals surface area contributed by atoms with Crippen molar-refractivity contribution in [3.63, 3.8) is 0 Å². The summed E-state index contributed by atoms with van der Waals surface area (Å²) in [4.78, 5) is 40.2. The predicted molar refractivity (Wildman–Crippen MR) is 228 cm³/mol. The van der Waals surface area contributed by atoms with Crippen LogP contribution in [0.4, 0.5) is 8.78 Å². The van der Waals surface area contributed by atoms with E-state index in [4.69, 9.17) is 10.5 Å². The van der Waals surface area contributed by atoms with Crippen LogP contribution in [0.25, 0.3) is 5.70 Å².